The third-order valence-electron chi connectivity index (χ3n) is 5.13. The molecule has 0 fully saturated rings. The summed E-state index contributed by atoms with van der Waals surface area (Å²) < 4.78 is 13.0. The number of aromatic nitrogens is 2. The average molecular weight is 459 g/mol. The van der Waals surface area contributed by atoms with E-state index in [0.717, 1.165) is 11.1 Å². The van der Waals surface area contributed by atoms with Gasteiger partial charge in [0.1, 0.15) is 23.8 Å². The maximum atomic E-state index is 12.5. The van der Waals surface area contributed by atoms with Gasteiger partial charge < -0.3 is 20.1 Å². The SMILES string of the molecule is CCOc1ccccc1NC(=O)Nc1ccc(C)c(OCc2cc(=O)n3ccc(C)cc3n2)c1. The highest BCUT2D eigenvalue weighted by Crippen LogP contribution is 2.26. The summed E-state index contributed by atoms with van der Waals surface area (Å²) in [7, 11) is 0. The van der Waals surface area contributed by atoms with Crippen LogP contribution in [0, 0.1) is 13.8 Å². The Morgan fingerprint density at radius 3 is 2.62 bits per heavy atom. The van der Waals surface area contributed by atoms with Gasteiger partial charge in [-0.05, 0) is 62.2 Å². The van der Waals surface area contributed by atoms with Crippen molar-refractivity contribution in [2.45, 2.75) is 27.4 Å². The van der Waals surface area contributed by atoms with E-state index in [1.165, 1.54) is 10.5 Å². The van der Waals surface area contributed by atoms with Gasteiger partial charge in [-0.1, -0.05) is 18.2 Å². The fraction of sp³-hybridized carbons (Fsp3) is 0.192. The van der Waals surface area contributed by atoms with Crippen molar-refractivity contribution in [3.8, 4) is 11.5 Å². The highest BCUT2D eigenvalue weighted by atomic mass is 16.5. The van der Waals surface area contributed by atoms with E-state index in [1.807, 2.05) is 51.1 Å². The first-order valence-electron chi connectivity index (χ1n) is 10.9. The van der Waals surface area contributed by atoms with Crippen molar-refractivity contribution in [2.24, 2.45) is 0 Å². The van der Waals surface area contributed by atoms with Crippen LogP contribution in [-0.4, -0.2) is 22.0 Å². The Labute approximate surface area is 197 Å². The van der Waals surface area contributed by atoms with Crippen LogP contribution in [0.25, 0.3) is 5.65 Å². The van der Waals surface area contributed by atoms with Crippen LogP contribution < -0.4 is 25.7 Å². The molecule has 0 aliphatic heterocycles. The minimum Gasteiger partial charge on any atom is -0.492 e. The van der Waals surface area contributed by atoms with Crippen LogP contribution in [-0.2, 0) is 6.61 Å². The smallest absolute Gasteiger partial charge is 0.323 e. The number of nitrogens with one attached hydrogen (secondary N) is 2. The molecule has 2 N–H and O–H groups in total. The van der Waals surface area contributed by atoms with E-state index in [9.17, 15) is 9.59 Å². The maximum absolute atomic E-state index is 12.5. The van der Waals surface area contributed by atoms with Gasteiger partial charge in [0, 0.05) is 24.0 Å². The number of para-hydroxylation sites is 2. The van der Waals surface area contributed by atoms with Gasteiger partial charge in [-0.25, -0.2) is 9.78 Å². The van der Waals surface area contributed by atoms with E-state index >= 15 is 0 Å². The minimum absolute atomic E-state index is 0.123. The van der Waals surface area contributed by atoms with Gasteiger partial charge in [-0.3, -0.25) is 9.20 Å². The number of hydrogen-bond donors (Lipinski definition) is 2. The molecule has 0 aliphatic carbocycles. The summed E-state index contributed by atoms with van der Waals surface area (Å²) in [6.07, 6.45) is 1.71. The molecule has 0 atom stereocenters. The number of carbonyl (C=O) groups excluding carboxylic acids is 1. The molecular formula is C26H26N4O4. The van der Waals surface area contributed by atoms with Crippen molar-refractivity contribution in [3.05, 3.63) is 94.0 Å². The van der Waals surface area contributed by atoms with Crippen LogP contribution in [0.3, 0.4) is 0 Å². The Balaban J connectivity index is 1.46. The molecule has 4 aromatic rings. The van der Waals surface area contributed by atoms with Gasteiger partial charge in [0.25, 0.3) is 5.56 Å². The molecule has 0 aliphatic rings. The Bertz CT molecular complexity index is 1400. The fourth-order valence-corrected chi connectivity index (χ4v) is 3.45. The third-order valence-corrected chi connectivity index (χ3v) is 5.13. The molecule has 0 radical (unpaired) electrons. The van der Waals surface area contributed by atoms with Crippen LogP contribution in [0.1, 0.15) is 23.7 Å². The molecular weight excluding hydrogens is 432 g/mol. The number of benzene rings is 2. The number of urea groups is 1. The zero-order chi connectivity index (χ0) is 24.1. The summed E-state index contributed by atoms with van der Waals surface area (Å²) in [6, 6.07) is 17.4. The van der Waals surface area contributed by atoms with E-state index in [0.29, 0.717) is 40.8 Å². The predicted molar refractivity (Wildman–Crippen MR) is 132 cm³/mol. The zero-order valence-corrected chi connectivity index (χ0v) is 19.3. The number of pyridine rings is 1. The topological polar surface area (TPSA) is 94.0 Å². The lowest BCUT2D eigenvalue weighted by Gasteiger charge is -2.14. The number of carbonyl (C=O) groups is 1. The van der Waals surface area contributed by atoms with Crippen molar-refractivity contribution in [1.29, 1.82) is 0 Å². The summed E-state index contributed by atoms with van der Waals surface area (Å²) in [5.74, 6) is 1.18. The Morgan fingerprint density at radius 1 is 0.971 bits per heavy atom. The van der Waals surface area contributed by atoms with Crippen LogP contribution in [0.2, 0.25) is 0 Å². The minimum atomic E-state index is -0.401. The highest BCUT2D eigenvalue weighted by molar-refractivity contribution is 6.00. The second-order valence-electron chi connectivity index (χ2n) is 7.80. The van der Waals surface area contributed by atoms with E-state index in [2.05, 4.69) is 15.6 Å². The first-order chi connectivity index (χ1) is 16.4. The number of hydrogen-bond acceptors (Lipinski definition) is 5. The number of aryl methyl sites for hydroxylation is 2. The summed E-state index contributed by atoms with van der Waals surface area (Å²) in [5, 5.41) is 5.61. The molecule has 2 amide bonds. The molecule has 0 unspecified atom stereocenters. The van der Waals surface area contributed by atoms with Crippen molar-refractivity contribution >= 4 is 23.1 Å². The number of rotatable bonds is 7. The summed E-state index contributed by atoms with van der Waals surface area (Å²) in [4.78, 5) is 29.5. The molecule has 8 nitrogen and oxygen atoms in total. The van der Waals surface area contributed by atoms with Crippen molar-refractivity contribution < 1.29 is 14.3 Å². The normalized spacial score (nSPS) is 10.7. The Kier molecular flexibility index (Phi) is 6.77. The molecule has 4 rings (SSSR count). The second-order valence-corrected chi connectivity index (χ2v) is 7.80. The van der Waals surface area contributed by atoms with Gasteiger partial charge in [-0.2, -0.15) is 0 Å². The molecule has 0 saturated heterocycles. The second kappa shape index (κ2) is 10.1. The van der Waals surface area contributed by atoms with Crippen molar-refractivity contribution in [3.63, 3.8) is 0 Å². The molecule has 34 heavy (non-hydrogen) atoms. The number of ether oxygens (including phenoxy) is 2. The summed E-state index contributed by atoms with van der Waals surface area (Å²) >= 11 is 0. The first-order valence-corrected chi connectivity index (χ1v) is 10.9. The van der Waals surface area contributed by atoms with Crippen LogP contribution >= 0.6 is 0 Å². The molecule has 0 spiro atoms. The van der Waals surface area contributed by atoms with Crippen LogP contribution in [0.15, 0.2) is 71.7 Å². The summed E-state index contributed by atoms with van der Waals surface area (Å²) in [5.41, 5.74) is 3.98. The molecule has 8 heteroatoms. The Morgan fingerprint density at radius 2 is 1.79 bits per heavy atom. The lowest BCUT2D eigenvalue weighted by molar-refractivity contribution is 0.262. The number of anilines is 2. The number of amides is 2. The number of nitrogens with zero attached hydrogens (tertiary/aromatic N) is 2. The fourth-order valence-electron chi connectivity index (χ4n) is 3.45. The maximum Gasteiger partial charge on any atom is 0.323 e. The summed E-state index contributed by atoms with van der Waals surface area (Å²) in [6.45, 7) is 6.36. The predicted octanol–water partition coefficient (Wildman–Crippen LogP) is 4.93. The van der Waals surface area contributed by atoms with Crippen LogP contribution in [0.4, 0.5) is 16.2 Å². The quantitative estimate of drug-likeness (QED) is 0.409. The number of fused-ring (bicyclic) bond motifs is 1. The molecule has 2 heterocycles. The molecule has 0 bridgehead atoms. The van der Waals surface area contributed by atoms with Gasteiger partial charge in [0.15, 0.2) is 0 Å². The lowest BCUT2D eigenvalue weighted by Crippen LogP contribution is -2.20. The highest BCUT2D eigenvalue weighted by Gasteiger charge is 2.10. The van der Waals surface area contributed by atoms with Crippen LogP contribution in [0.5, 0.6) is 11.5 Å². The van der Waals surface area contributed by atoms with E-state index in [4.69, 9.17) is 9.47 Å². The Hall–Kier alpha value is -4.33. The largest absolute Gasteiger partial charge is 0.492 e. The molecule has 2 aromatic heterocycles. The third kappa shape index (κ3) is 5.35. The van der Waals surface area contributed by atoms with Gasteiger partial charge in [0.2, 0.25) is 0 Å². The first kappa shape index (κ1) is 22.8. The standard InChI is InChI=1S/C26H26N4O4/c1-4-33-22-8-6-5-7-21(22)29-26(32)28-19-10-9-18(3)23(14-19)34-16-20-15-25(31)30-12-11-17(2)13-24(30)27-20/h5-15H,4,16H2,1-3H3,(H2,28,29,32). The van der Waals surface area contributed by atoms with Crippen molar-refractivity contribution in [2.75, 3.05) is 17.2 Å². The molecule has 174 valence electrons. The molecule has 0 saturated carbocycles. The lowest BCUT2D eigenvalue weighted by atomic mass is 10.2. The zero-order valence-electron chi connectivity index (χ0n) is 19.3. The van der Waals surface area contributed by atoms with E-state index in [-0.39, 0.29) is 12.2 Å². The van der Waals surface area contributed by atoms with E-state index in [1.54, 1.807) is 30.5 Å². The van der Waals surface area contributed by atoms with E-state index < -0.39 is 6.03 Å². The average Bonchev–Trinajstić information content (AvgIpc) is 2.80. The van der Waals surface area contributed by atoms with Gasteiger partial charge in [0.05, 0.1) is 18.0 Å². The monoisotopic (exact) mass is 458 g/mol. The molecule has 2 aromatic carbocycles. The van der Waals surface area contributed by atoms with Crippen molar-refractivity contribution in [1.82, 2.24) is 9.38 Å². The van der Waals surface area contributed by atoms with Gasteiger partial charge >= 0.3 is 6.03 Å². The van der Waals surface area contributed by atoms with Gasteiger partial charge in [-0.15, -0.1) is 0 Å².